The van der Waals surface area contributed by atoms with E-state index in [1.54, 1.807) is 6.07 Å². The maximum absolute atomic E-state index is 12.0. The lowest BCUT2D eigenvalue weighted by Gasteiger charge is -2.07. The van der Waals surface area contributed by atoms with E-state index in [1.165, 1.54) is 24.3 Å². The van der Waals surface area contributed by atoms with Gasteiger partial charge in [0.1, 0.15) is 5.76 Å². The second-order valence-electron chi connectivity index (χ2n) is 2.53. The molecule has 1 rings (SSSR count). The van der Waals surface area contributed by atoms with Crippen molar-refractivity contribution >= 4 is 17.4 Å². The van der Waals surface area contributed by atoms with Crippen molar-refractivity contribution < 1.29 is 18.3 Å². The Morgan fingerprint density at radius 3 is 2.07 bits per heavy atom. The van der Waals surface area contributed by atoms with Crippen molar-refractivity contribution in [1.29, 1.82) is 0 Å². The van der Waals surface area contributed by atoms with Crippen LogP contribution in [0.4, 0.5) is 13.2 Å². The highest BCUT2D eigenvalue weighted by atomic mass is 35.5. The van der Waals surface area contributed by atoms with E-state index in [0.717, 1.165) is 0 Å². The molecule has 0 unspecified atom stereocenters. The molecule has 0 heterocycles. The van der Waals surface area contributed by atoms with Gasteiger partial charge in [-0.1, -0.05) is 41.9 Å². The van der Waals surface area contributed by atoms with Crippen LogP contribution in [0.3, 0.4) is 0 Å². The average Bonchev–Trinajstić information content (AvgIpc) is 2.15. The number of hydrogen-bond donors (Lipinski definition) is 1. The molecule has 0 saturated heterocycles. The lowest BCUT2D eigenvalue weighted by Crippen LogP contribution is -2.09. The van der Waals surface area contributed by atoms with E-state index in [-0.39, 0.29) is 5.56 Å². The van der Waals surface area contributed by atoms with Crippen LogP contribution >= 0.6 is 11.6 Å². The summed E-state index contributed by atoms with van der Waals surface area (Å²) in [6.45, 7) is 0. The fourth-order valence-corrected chi connectivity index (χ4v) is 0.966. The first-order valence-corrected chi connectivity index (χ1v) is 4.02. The summed E-state index contributed by atoms with van der Waals surface area (Å²) >= 11 is 4.95. The van der Waals surface area contributed by atoms with Gasteiger partial charge in [0, 0.05) is 5.56 Å². The molecule has 0 radical (unpaired) electrons. The van der Waals surface area contributed by atoms with Gasteiger partial charge in [0.2, 0.25) is 0 Å². The lowest BCUT2D eigenvalue weighted by atomic mass is 10.2. The zero-order valence-electron chi connectivity index (χ0n) is 6.85. The van der Waals surface area contributed by atoms with Gasteiger partial charge in [0.25, 0.3) is 0 Å². The fraction of sp³-hybridized carbons (Fsp3) is 0.111. The number of halogens is 4. The first-order valence-electron chi connectivity index (χ1n) is 3.64. The van der Waals surface area contributed by atoms with Crippen molar-refractivity contribution in [3.8, 4) is 0 Å². The SMILES string of the molecule is O/C(=C(/Cl)C(F)(F)F)c1ccccc1. The van der Waals surface area contributed by atoms with Crippen molar-refractivity contribution in [2.45, 2.75) is 6.18 Å². The third-order valence-corrected chi connectivity index (χ3v) is 1.90. The van der Waals surface area contributed by atoms with E-state index in [4.69, 9.17) is 16.7 Å². The van der Waals surface area contributed by atoms with Gasteiger partial charge in [0.15, 0.2) is 5.03 Å². The Kier molecular flexibility index (Phi) is 3.06. The predicted octanol–water partition coefficient (Wildman–Crippen LogP) is 3.71. The summed E-state index contributed by atoms with van der Waals surface area (Å²) in [6.07, 6.45) is -4.72. The van der Waals surface area contributed by atoms with Crippen LogP contribution in [0.25, 0.3) is 5.76 Å². The van der Waals surface area contributed by atoms with Gasteiger partial charge in [-0.3, -0.25) is 0 Å². The smallest absolute Gasteiger partial charge is 0.430 e. The van der Waals surface area contributed by atoms with Crippen LogP contribution in [-0.4, -0.2) is 11.3 Å². The molecule has 1 aromatic carbocycles. The second kappa shape index (κ2) is 3.92. The summed E-state index contributed by atoms with van der Waals surface area (Å²) in [4.78, 5) is 0. The third-order valence-electron chi connectivity index (χ3n) is 1.50. The summed E-state index contributed by atoms with van der Waals surface area (Å²) in [5.41, 5.74) is 0.0369. The van der Waals surface area contributed by atoms with Crippen LogP contribution in [0.5, 0.6) is 0 Å². The maximum atomic E-state index is 12.0. The summed E-state index contributed by atoms with van der Waals surface area (Å²) < 4.78 is 36.1. The van der Waals surface area contributed by atoms with E-state index < -0.39 is 17.0 Å². The Morgan fingerprint density at radius 1 is 1.14 bits per heavy atom. The van der Waals surface area contributed by atoms with Crippen molar-refractivity contribution in [3.05, 3.63) is 40.9 Å². The molecule has 0 fully saturated rings. The van der Waals surface area contributed by atoms with Crippen molar-refractivity contribution in [2.24, 2.45) is 0 Å². The minimum Gasteiger partial charge on any atom is -0.506 e. The Balaban J connectivity index is 3.12. The van der Waals surface area contributed by atoms with Crippen LogP contribution in [0.2, 0.25) is 0 Å². The molecule has 0 aliphatic rings. The molecule has 1 nitrogen and oxygen atoms in total. The molecule has 0 saturated carbocycles. The maximum Gasteiger partial charge on any atom is 0.430 e. The van der Waals surface area contributed by atoms with Gasteiger partial charge in [-0.15, -0.1) is 0 Å². The number of aliphatic hydroxyl groups excluding tert-OH is 1. The van der Waals surface area contributed by atoms with Gasteiger partial charge < -0.3 is 5.11 Å². The van der Waals surface area contributed by atoms with Crippen LogP contribution in [0.15, 0.2) is 35.4 Å². The number of alkyl halides is 3. The molecule has 0 aliphatic carbocycles. The van der Waals surface area contributed by atoms with Gasteiger partial charge in [-0.05, 0) is 0 Å². The molecule has 0 amide bonds. The Labute approximate surface area is 83.4 Å². The summed E-state index contributed by atoms with van der Waals surface area (Å²) in [6, 6.07) is 7.31. The lowest BCUT2D eigenvalue weighted by molar-refractivity contribution is -0.0849. The molecule has 0 aliphatic heterocycles. The summed E-state index contributed by atoms with van der Waals surface area (Å²) in [5, 5.41) is 7.64. The number of allylic oxidation sites excluding steroid dienone is 1. The Morgan fingerprint density at radius 2 is 1.64 bits per heavy atom. The molecule has 5 heteroatoms. The van der Waals surface area contributed by atoms with E-state index in [9.17, 15) is 13.2 Å². The van der Waals surface area contributed by atoms with Gasteiger partial charge in [0.05, 0.1) is 0 Å². The predicted molar refractivity (Wildman–Crippen MR) is 47.9 cm³/mol. The summed E-state index contributed by atoms with van der Waals surface area (Å²) in [5.74, 6) is -0.959. The molecule has 0 atom stereocenters. The van der Waals surface area contributed by atoms with Crippen LogP contribution in [0, 0.1) is 0 Å². The summed E-state index contributed by atoms with van der Waals surface area (Å²) in [7, 11) is 0. The molecule has 0 spiro atoms. The third kappa shape index (κ3) is 2.42. The highest BCUT2D eigenvalue weighted by Crippen LogP contribution is 2.33. The van der Waals surface area contributed by atoms with Crippen molar-refractivity contribution in [1.82, 2.24) is 0 Å². The molecule has 14 heavy (non-hydrogen) atoms. The van der Waals surface area contributed by atoms with Gasteiger partial charge >= 0.3 is 6.18 Å². The zero-order chi connectivity index (χ0) is 10.8. The zero-order valence-corrected chi connectivity index (χ0v) is 7.60. The minimum absolute atomic E-state index is 0.0369. The van der Waals surface area contributed by atoms with Crippen molar-refractivity contribution in [3.63, 3.8) is 0 Å². The molecule has 0 bridgehead atoms. The van der Waals surface area contributed by atoms with Gasteiger partial charge in [-0.25, -0.2) is 0 Å². The largest absolute Gasteiger partial charge is 0.506 e. The minimum atomic E-state index is -4.72. The fourth-order valence-electron chi connectivity index (χ4n) is 0.857. The standard InChI is InChI=1S/C9H6ClF3O/c10-8(9(11,12)13)7(14)6-4-2-1-3-5-6/h1-5,14H/b8-7+. The van der Waals surface area contributed by atoms with Crippen LogP contribution < -0.4 is 0 Å². The topological polar surface area (TPSA) is 20.2 Å². The molecule has 0 aromatic heterocycles. The van der Waals surface area contributed by atoms with E-state index in [1.807, 2.05) is 0 Å². The van der Waals surface area contributed by atoms with E-state index in [0.29, 0.717) is 0 Å². The quantitative estimate of drug-likeness (QED) is 0.718. The highest BCUT2D eigenvalue weighted by Gasteiger charge is 2.35. The molecule has 76 valence electrons. The normalized spacial score (nSPS) is 13.7. The van der Waals surface area contributed by atoms with E-state index >= 15 is 0 Å². The van der Waals surface area contributed by atoms with E-state index in [2.05, 4.69) is 0 Å². The highest BCUT2D eigenvalue weighted by molar-refractivity contribution is 6.33. The first-order chi connectivity index (χ1) is 6.43. The van der Waals surface area contributed by atoms with Gasteiger partial charge in [-0.2, -0.15) is 13.2 Å². The number of hydrogen-bond acceptors (Lipinski definition) is 1. The molecular formula is C9H6ClF3O. The Bertz CT molecular complexity index is 343. The number of benzene rings is 1. The van der Waals surface area contributed by atoms with Crippen molar-refractivity contribution in [2.75, 3.05) is 0 Å². The first kappa shape index (κ1) is 10.9. The molecule has 1 aromatic rings. The second-order valence-corrected chi connectivity index (χ2v) is 2.90. The number of aliphatic hydroxyl groups is 1. The molecular weight excluding hydrogens is 217 g/mol. The molecule has 1 N–H and O–H groups in total. The average molecular weight is 223 g/mol. The number of rotatable bonds is 1. The van der Waals surface area contributed by atoms with Crippen LogP contribution in [0.1, 0.15) is 5.56 Å². The monoisotopic (exact) mass is 222 g/mol. The van der Waals surface area contributed by atoms with Crippen LogP contribution in [-0.2, 0) is 0 Å². The Hall–Kier alpha value is -1.16.